The molecule has 0 radical (unpaired) electrons. The van der Waals surface area contributed by atoms with E-state index in [1.165, 1.54) is 4.57 Å². The van der Waals surface area contributed by atoms with Crippen molar-refractivity contribution >= 4 is 55.4 Å². The van der Waals surface area contributed by atoms with Gasteiger partial charge in [0.25, 0.3) is 11.1 Å². The quantitative estimate of drug-likeness (QED) is 0.337. The molecule has 0 aliphatic carbocycles. The van der Waals surface area contributed by atoms with Gasteiger partial charge >= 0.3 is 0 Å². The summed E-state index contributed by atoms with van der Waals surface area (Å²) >= 11 is 0. The van der Waals surface area contributed by atoms with E-state index in [0.29, 0.717) is 34.5 Å². The SMILES string of the molecule is CN(C)CCn1c(=O)c2c3oc4cccnc4[nH]c3c3oc4ccccc4oc3c2c1=O. The molecular formula is C23H18N4O5. The molecule has 0 saturated carbocycles. The molecule has 0 fully saturated rings. The zero-order valence-corrected chi connectivity index (χ0v) is 17.3. The highest BCUT2D eigenvalue weighted by atomic mass is 16.4. The van der Waals surface area contributed by atoms with Crippen LogP contribution in [0, 0.1) is 0 Å². The molecule has 0 aliphatic rings. The maximum atomic E-state index is 13.4. The Kier molecular flexibility index (Phi) is 3.90. The van der Waals surface area contributed by atoms with Crippen molar-refractivity contribution in [2.75, 3.05) is 20.6 Å². The van der Waals surface area contributed by atoms with Crippen molar-refractivity contribution in [2.24, 2.45) is 0 Å². The summed E-state index contributed by atoms with van der Waals surface area (Å²) in [6.45, 7) is 0.772. The minimum absolute atomic E-state index is 0.145. The molecule has 0 amide bonds. The number of hydrogen-bond acceptors (Lipinski definition) is 7. The Hall–Kier alpha value is -4.11. The van der Waals surface area contributed by atoms with Crippen molar-refractivity contribution < 1.29 is 13.3 Å². The number of pyridine rings is 1. The van der Waals surface area contributed by atoms with Crippen LogP contribution >= 0.6 is 0 Å². The molecule has 4 heterocycles. The number of likely N-dealkylation sites (N-methyl/N-ethyl adjacent to an activating group) is 1. The summed E-state index contributed by atoms with van der Waals surface area (Å²) < 4.78 is 19.6. The van der Waals surface area contributed by atoms with E-state index >= 15 is 0 Å². The molecule has 32 heavy (non-hydrogen) atoms. The zero-order chi connectivity index (χ0) is 22.0. The van der Waals surface area contributed by atoms with Crippen LogP contribution in [0.3, 0.4) is 0 Å². The van der Waals surface area contributed by atoms with E-state index in [2.05, 4.69) is 9.97 Å². The lowest BCUT2D eigenvalue weighted by molar-refractivity contribution is 0.380. The van der Waals surface area contributed by atoms with Crippen LogP contribution in [0.5, 0.6) is 0 Å². The number of nitrogens with one attached hydrogen (secondary N) is 1. The average Bonchev–Trinajstić information content (AvgIpc) is 3.05. The Labute approximate surface area is 179 Å². The number of rotatable bonds is 3. The molecule has 6 aromatic rings. The molecule has 0 aliphatic heterocycles. The fourth-order valence-electron chi connectivity index (χ4n) is 4.00. The first-order valence-electron chi connectivity index (χ1n) is 10.1. The van der Waals surface area contributed by atoms with E-state index in [1.54, 1.807) is 30.5 Å². The van der Waals surface area contributed by atoms with Crippen LogP contribution in [0.2, 0.25) is 0 Å². The third-order valence-electron chi connectivity index (χ3n) is 5.55. The van der Waals surface area contributed by atoms with Gasteiger partial charge in [0.1, 0.15) is 16.3 Å². The highest BCUT2D eigenvalue weighted by molar-refractivity contribution is 6.19. The molecule has 1 N–H and O–H groups in total. The first-order valence-corrected chi connectivity index (χ1v) is 10.1. The van der Waals surface area contributed by atoms with Gasteiger partial charge in [-0.05, 0) is 38.4 Å². The van der Waals surface area contributed by atoms with E-state index < -0.39 is 11.1 Å². The Balaban J connectivity index is 1.88. The van der Waals surface area contributed by atoms with Gasteiger partial charge in [-0.2, -0.15) is 0 Å². The van der Waals surface area contributed by atoms with Crippen LogP contribution in [0.4, 0.5) is 0 Å². The Morgan fingerprint density at radius 1 is 0.875 bits per heavy atom. The summed E-state index contributed by atoms with van der Waals surface area (Å²) in [5, 5.41) is 0.304. The number of benzene rings is 2. The normalized spacial score (nSPS) is 12.2. The lowest BCUT2D eigenvalue weighted by Crippen LogP contribution is -2.30. The molecule has 9 heteroatoms. The van der Waals surface area contributed by atoms with Crippen LogP contribution in [0.15, 0.2) is 65.4 Å². The second kappa shape index (κ2) is 6.69. The number of fused-ring (bicyclic) bond motifs is 8. The largest absolute Gasteiger partial charge is 0.450 e. The molecule has 0 atom stereocenters. The fourth-order valence-corrected chi connectivity index (χ4v) is 4.00. The van der Waals surface area contributed by atoms with Gasteiger partial charge in [-0.25, -0.2) is 4.98 Å². The first-order chi connectivity index (χ1) is 15.5. The molecule has 0 unspecified atom stereocenters. The van der Waals surface area contributed by atoms with Gasteiger partial charge < -0.3 is 23.1 Å². The predicted molar refractivity (Wildman–Crippen MR) is 121 cm³/mol. The maximum absolute atomic E-state index is 13.4. The van der Waals surface area contributed by atoms with Crippen LogP contribution in [0.25, 0.3) is 55.4 Å². The summed E-state index contributed by atoms with van der Waals surface area (Å²) in [4.78, 5) is 36.2. The first kappa shape index (κ1) is 18.6. The van der Waals surface area contributed by atoms with Crippen LogP contribution < -0.4 is 11.1 Å². The van der Waals surface area contributed by atoms with E-state index in [-0.39, 0.29) is 34.1 Å². The number of hydrogen-bond donors (Lipinski definition) is 1. The monoisotopic (exact) mass is 430 g/mol. The van der Waals surface area contributed by atoms with Gasteiger partial charge in [0, 0.05) is 19.3 Å². The molecule has 160 valence electrons. The van der Waals surface area contributed by atoms with Crippen molar-refractivity contribution in [3.05, 3.63) is 63.3 Å². The van der Waals surface area contributed by atoms with Crippen LogP contribution in [0.1, 0.15) is 0 Å². The number of aromatic nitrogens is 3. The van der Waals surface area contributed by atoms with E-state index in [1.807, 2.05) is 31.1 Å². The average molecular weight is 430 g/mol. The van der Waals surface area contributed by atoms with E-state index in [9.17, 15) is 9.59 Å². The van der Waals surface area contributed by atoms with Crippen molar-refractivity contribution in [1.82, 2.24) is 19.4 Å². The summed E-state index contributed by atoms with van der Waals surface area (Å²) in [5.41, 5.74) is 2.13. The summed E-state index contributed by atoms with van der Waals surface area (Å²) in [6.07, 6.45) is 1.63. The second-order valence-corrected chi connectivity index (χ2v) is 7.91. The lowest BCUT2D eigenvalue weighted by Gasteiger charge is -2.08. The minimum Gasteiger partial charge on any atom is -0.450 e. The van der Waals surface area contributed by atoms with Gasteiger partial charge in [-0.15, -0.1) is 0 Å². The number of para-hydroxylation sites is 2. The van der Waals surface area contributed by atoms with Gasteiger partial charge in [-0.3, -0.25) is 14.2 Å². The Morgan fingerprint density at radius 2 is 1.50 bits per heavy atom. The summed E-state index contributed by atoms with van der Waals surface area (Å²) in [5.74, 6) is 0. The van der Waals surface area contributed by atoms with Gasteiger partial charge in [-0.1, -0.05) is 12.1 Å². The number of H-pyrrole nitrogens is 1. The molecular weight excluding hydrogens is 412 g/mol. The molecule has 0 bridgehead atoms. The van der Waals surface area contributed by atoms with E-state index in [0.717, 1.165) is 0 Å². The molecule has 0 saturated heterocycles. The second-order valence-electron chi connectivity index (χ2n) is 7.91. The fraction of sp³-hybridized carbons (Fsp3) is 0.174. The summed E-state index contributed by atoms with van der Waals surface area (Å²) in [7, 11) is 3.76. The number of aromatic amines is 1. The highest BCUT2D eigenvalue weighted by Gasteiger charge is 2.25. The zero-order valence-electron chi connectivity index (χ0n) is 17.3. The molecule has 2 aromatic carbocycles. The Morgan fingerprint density at radius 3 is 2.22 bits per heavy atom. The third-order valence-corrected chi connectivity index (χ3v) is 5.55. The van der Waals surface area contributed by atoms with Crippen molar-refractivity contribution in [3.8, 4) is 0 Å². The van der Waals surface area contributed by atoms with Crippen LogP contribution in [-0.2, 0) is 6.54 Å². The van der Waals surface area contributed by atoms with Crippen molar-refractivity contribution in [1.29, 1.82) is 0 Å². The van der Waals surface area contributed by atoms with Crippen molar-refractivity contribution in [3.63, 3.8) is 0 Å². The van der Waals surface area contributed by atoms with Gasteiger partial charge in [0.15, 0.2) is 39.1 Å². The van der Waals surface area contributed by atoms with E-state index in [4.69, 9.17) is 13.3 Å². The van der Waals surface area contributed by atoms with Crippen LogP contribution in [-0.4, -0.2) is 40.1 Å². The van der Waals surface area contributed by atoms with Gasteiger partial charge in [0.05, 0.1) is 0 Å². The lowest BCUT2D eigenvalue weighted by atomic mass is 10.1. The predicted octanol–water partition coefficient (Wildman–Crippen LogP) is 3.60. The molecule has 0 spiro atoms. The molecule has 9 nitrogen and oxygen atoms in total. The Bertz CT molecular complexity index is 1690. The topological polar surface area (TPSA) is 110 Å². The maximum Gasteiger partial charge on any atom is 0.265 e. The smallest absolute Gasteiger partial charge is 0.265 e. The molecule has 4 aromatic heterocycles. The van der Waals surface area contributed by atoms with Gasteiger partial charge in [0.2, 0.25) is 0 Å². The third kappa shape index (κ3) is 2.58. The molecule has 6 rings (SSSR count). The minimum atomic E-state index is -0.436. The standard InChI is InChI=1S/C23H18N4O5/c1-26(2)10-11-27-22(28)15-16(23(27)29)19-20(31-13-7-4-3-6-12(13)30-19)17-18(15)32-14-8-5-9-24-21(14)25-17/h3-9H,10-11H2,1-2H3,(H,24,25). The van der Waals surface area contributed by atoms with Crippen molar-refractivity contribution in [2.45, 2.75) is 6.54 Å². The highest BCUT2D eigenvalue weighted by Crippen LogP contribution is 2.35. The summed E-state index contributed by atoms with van der Waals surface area (Å²) in [6, 6.07) is 10.6. The number of nitrogens with zero attached hydrogens (tertiary/aromatic N) is 3.